The van der Waals surface area contributed by atoms with E-state index in [-0.39, 0.29) is 5.91 Å². The van der Waals surface area contributed by atoms with Gasteiger partial charge in [0.15, 0.2) is 0 Å². The molecule has 2 aromatic rings. The molecule has 108 valence electrons. The molecule has 0 aromatic carbocycles. The zero-order valence-corrected chi connectivity index (χ0v) is 12.0. The standard InChI is InChI=1S/C14H21N5O/c1-11-10-12(2)19(18-11)9-5-14(20)17-6-3-4-13-15-7-8-16-13/h7-8,10H,3-6,9H2,1-2H3,(H,15,16)(H,17,20). The Hall–Kier alpha value is -2.11. The fraction of sp³-hybridized carbons (Fsp3) is 0.500. The number of aromatic nitrogens is 4. The first kappa shape index (κ1) is 14.3. The van der Waals surface area contributed by atoms with Crippen molar-refractivity contribution in [2.75, 3.05) is 6.54 Å². The number of hydrogen-bond donors (Lipinski definition) is 2. The van der Waals surface area contributed by atoms with Crippen LogP contribution in [-0.2, 0) is 17.8 Å². The van der Waals surface area contributed by atoms with Gasteiger partial charge in [0, 0.05) is 44.0 Å². The number of aromatic amines is 1. The number of rotatable bonds is 7. The molecule has 0 spiro atoms. The minimum absolute atomic E-state index is 0.0667. The lowest BCUT2D eigenvalue weighted by Gasteiger charge is -2.06. The number of H-pyrrole nitrogens is 1. The Bertz CT molecular complexity index is 544. The molecule has 20 heavy (non-hydrogen) atoms. The van der Waals surface area contributed by atoms with E-state index in [1.165, 1.54) is 0 Å². The van der Waals surface area contributed by atoms with Crippen LogP contribution >= 0.6 is 0 Å². The summed E-state index contributed by atoms with van der Waals surface area (Å²) in [4.78, 5) is 18.9. The zero-order chi connectivity index (χ0) is 14.4. The molecule has 0 atom stereocenters. The largest absolute Gasteiger partial charge is 0.356 e. The van der Waals surface area contributed by atoms with E-state index >= 15 is 0 Å². The molecule has 2 N–H and O–H groups in total. The molecule has 0 saturated carbocycles. The van der Waals surface area contributed by atoms with Gasteiger partial charge in [-0.05, 0) is 26.3 Å². The fourth-order valence-electron chi connectivity index (χ4n) is 2.12. The summed E-state index contributed by atoms with van der Waals surface area (Å²) < 4.78 is 1.87. The highest BCUT2D eigenvalue weighted by atomic mass is 16.1. The molecule has 0 aliphatic rings. The molecule has 0 radical (unpaired) electrons. The summed E-state index contributed by atoms with van der Waals surface area (Å²) in [6, 6.07) is 2.02. The van der Waals surface area contributed by atoms with Gasteiger partial charge in [-0.25, -0.2) is 4.98 Å². The lowest BCUT2D eigenvalue weighted by atomic mass is 10.3. The molecule has 0 unspecified atom stereocenters. The van der Waals surface area contributed by atoms with Crippen LogP contribution in [0.4, 0.5) is 0 Å². The van der Waals surface area contributed by atoms with Gasteiger partial charge in [-0.3, -0.25) is 9.48 Å². The summed E-state index contributed by atoms with van der Waals surface area (Å²) in [6.45, 7) is 5.26. The lowest BCUT2D eigenvalue weighted by Crippen LogP contribution is -2.26. The SMILES string of the molecule is Cc1cc(C)n(CCC(=O)NCCCc2ncc[nH]2)n1. The van der Waals surface area contributed by atoms with E-state index < -0.39 is 0 Å². The van der Waals surface area contributed by atoms with Crippen molar-refractivity contribution in [2.45, 2.75) is 39.7 Å². The highest BCUT2D eigenvalue weighted by Crippen LogP contribution is 2.02. The second kappa shape index (κ2) is 6.88. The number of nitrogens with zero attached hydrogens (tertiary/aromatic N) is 3. The van der Waals surface area contributed by atoms with Crippen LogP contribution in [0.25, 0.3) is 0 Å². The van der Waals surface area contributed by atoms with Crippen molar-refractivity contribution in [1.82, 2.24) is 25.1 Å². The maximum Gasteiger partial charge on any atom is 0.221 e. The van der Waals surface area contributed by atoms with E-state index in [0.717, 1.165) is 30.1 Å². The fourth-order valence-corrected chi connectivity index (χ4v) is 2.12. The minimum Gasteiger partial charge on any atom is -0.356 e. The Morgan fingerprint density at radius 2 is 2.30 bits per heavy atom. The van der Waals surface area contributed by atoms with Crippen LogP contribution in [0.3, 0.4) is 0 Å². The van der Waals surface area contributed by atoms with Gasteiger partial charge in [-0.1, -0.05) is 0 Å². The van der Waals surface area contributed by atoms with E-state index in [9.17, 15) is 4.79 Å². The summed E-state index contributed by atoms with van der Waals surface area (Å²) in [7, 11) is 0. The number of aryl methyl sites for hydroxylation is 4. The quantitative estimate of drug-likeness (QED) is 0.749. The Morgan fingerprint density at radius 1 is 1.45 bits per heavy atom. The third-order valence-corrected chi connectivity index (χ3v) is 3.12. The predicted octanol–water partition coefficient (Wildman–Crippen LogP) is 1.36. The first-order valence-electron chi connectivity index (χ1n) is 6.91. The molecule has 1 amide bonds. The normalized spacial score (nSPS) is 10.7. The first-order valence-corrected chi connectivity index (χ1v) is 6.91. The Labute approximate surface area is 118 Å². The number of nitrogens with one attached hydrogen (secondary N) is 2. The van der Waals surface area contributed by atoms with E-state index in [1.54, 1.807) is 6.20 Å². The van der Waals surface area contributed by atoms with Gasteiger partial charge < -0.3 is 10.3 Å². The highest BCUT2D eigenvalue weighted by Gasteiger charge is 2.05. The Balaban J connectivity index is 1.62. The third-order valence-electron chi connectivity index (χ3n) is 3.12. The van der Waals surface area contributed by atoms with Crippen LogP contribution in [0.15, 0.2) is 18.5 Å². The van der Waals surface area contributed by atoms with Gasteiger partial charge in [0.25, 0.3) is 0 Å². The van der Waals surface area contributed by atoms with E-state index in [2.05, 4.69) is 20.4 Å². The van der Waals surface area contributed by atoms with Crippen molar-refractivity contribution < 1.29 is 4.79 Å². The predicted molar refractivity (Wildman–Crippen MR) is 76.2 cm³/mol. The topological polar surface area (TPSA) is 75.6 Å². The van der Waals surface area contributed by atoms with Gasteiger partial charge in [0.2, 0.25) is 5.91 Å². The van der Waals surface area contributed by atoms with Crippen molar-refractivity contribution >= 4 is 5.91 Å². The lowest BCUT2D eigenvalue weighted by molar-refractivity contribution is -0.121. The molecule has 2 heterocycles. The maximum absolute atomic E-state index is 11.7. The monoisotopic (exact) mass is 275 g/mol. The summed E-state index contributed by atoms with van der Waals surface area (Å²) in [5, 5.41) is 7.26. The molecule has 0 saturated heterocycles. The van der Waals surface area contributed by atoms with E-state index in [4.69, 9.17) is 0 Å². The number of hydrogen-bond acceptors (Lipinski definition) is 3. The number of carbonyl (C=O) groups excluding carboxylic acids is 1. The average Bonchev–Trinajstić information content (AvgIpc) is 3.02. The molecular weight excluding hydrogens is 254 g/mol. The number of imidazole rings is 1. The summed E-state index contributed by atoms with van der Waals surface area (Å²) in [5.41, 5.74) is 2.08. The molecule has 6 heteroatoms. The van der Waals surface area contributed by atoms with Gasteiger partial charge in [-0.15, -0.1) is 0 Å². The van der Waals surface area contributed by atoms with E-state index in [1.807, 2.05) is 30.8 Å². The van der Waals surface area contributed by atoms with Crippen LogP contribution < -0.4 is 5.32 Å². The average molecular weight is 275 g/mol. The van der Waals surface area contributed by atoms with Crippen LogP contribution in [0.2, 0.25) is 0 Å². The molecule has 6 nitrogen and oxygen atoms in total. The summed E-state index contributed by atoms with van der Waals surface area (Å²) in [6.07, 6.45) is 5.75. The van der Waals surface area contributed by atoms with Crippen LogP contribution in [0, 0.1) is 13.8 Å². The molecule has 0 aliphatic carbocycles. The molecule has 2 aromatic heterocycles. The van der Waals surface area contributed by atoms with Gasteiger partial charge >= 0.3 is 0 Å². The molecule has 0 bridgehead atoms. The summed E-state index contributed by atoms with van der Waals surface area (Å²) in [5.74, 6) is 1.03. The minimum atomic E-state index is 0.0667. The summed E-state index contributed by atoms with van der Waals surface area (Å²) >= 11 is 0. The van der Waals surface area contributed by atoms with Gasteiger partial charge in [-0.2, -0.15) is 5.10 Å². The van der Waals surface area contributed by atoms with Crippen molar-refractivity contribution in [3.63, 3.8) is 0 Å². The second-order valence-corrected chi connectivity index (χ2v) is 4.89. The van der Waals surface area contributed by atoms with Crippen molar-refractivity contribution in [3.8, 4) is 0 Å². The molecule has 0 aliphatic heterocycles. The van der Waals surface area contributed by atoms with Crippen LogP contribution in [-0.4, -0.2) is 32.2 Å². The first-order chi connectivity index (χ1) is 9.65. The van der Waals surface area contributed by atoms with E-state index in [0.29, 0.717) is 19.5 Å². The van der Waals surface area contributed by atoms with Gasteiger partial charge in [0.1, 0.15) is 5.82 Å². The second-order valence-electron chi connectivity index (χ2n) is 4.89. The third kappa shape index (κ3) is 4.22. The number of amides is 1. The Kier molecular flexibility index (Phi) is 4.92. The zero-order valence-electron chi connectivity index (χ0n) is 12.0. The van der Waals surface area contributed by atoms with Crippen LogP contribution in [0.5, 0.6) is 0 Å². The van der Waals surface area contributed by atoms with Gasteiger partial charge in [0.05, 0.1) is 5.69 Å². The van der Waals surface area contributed by atoms with Crippen molar-refractivity contribution in [3.05, 3.63) is 35.7 Å². The van der Waals surface area contributed by atoms with Crippen molar-refractivity contribution in [1.29, 1.82) is 0 Å². The smallest absolute Gasteiger partial charge is 0.221 e. The highest BCUT2D eigenvalue weighted by molar-refractivity contribution is 5.75. The molecular formula is C14H21N5O. The van der Waals surface area contributed by atoms with Crippen LogP contribution in [0.1, 0.15) is 30.1 Å². The molecule has 0 fully saturated rings. The number of carbonyl (C=O) groups is 1. The Morgan fingerprint density at radius 3 is 2.95 bits per heavy atom. The molecule has 2 rings (SSSR count). The van der Waals surface area contributed by atoms with Crippen molar-refractivity contribution in [2.24, 2.45) is 0 Å². The maximum atomic E-state index is 11.7.